The van der Waals surface area contributed by atoms with E-state index in [-0.39, 0.29) is 17.6 Å². The van der Waals surface area contributed by atoms with E-state index in [1.165, 1.54) is 0 Å². The van der Waals surface area contributed by atoms with E-state index >= 15 is 0 Å². The van der Waals surface area contributed by atoms with Crippen LogP contribution >= 0.6 is 0 Å². The van der Waals surface area contributed by atoms with Crippen molar-refractivity contribution in [1.82, 2.24) is 9.97 Å². The van der Waals surface area contributed by atoms with Gasteiger partial charge in [-0.3, -0.25) is 0 Å². The first-order valence-corrected chi connectivity index (χ1v) is 11.0. The first kappa shape index (κ1) is 19.1. The lowest BCUT2D eigenvalue weighted by molar-refractivity contribution is 0.122. The number of sulfone groups is 1. The fraction of sp³-hybridized carbons (Fsp3) is 0.474. The molecule has 0 spiro atoms. The predicted octanol–water partition coefficient (Wildman–Crippen LogP) is 1.37. The van der Waals surface area contributed by atoms with Gasteiger partial charge in [0.25, 0.3) is 0 Å². The fourth-order valence-corrected chi connectivity index (χ4v) is 5.22. The van der Waals surface area contributed by atoms with Crippen molar-refractivity contribution < 1.29 is 17.9 Å². The fourth-order valence-electron chi connectivity index (χ4n) is 3.54. The number of hydrogen-bond acceptors (Lipinski definition) is 8. The minimum Gasteiger partial charge on any atom is -0.381 e. The number of rotatable bonds is 5. The van der Waals surface area contributed by atoms with E-state index in [1.54, 1.807) is 24.5 Å². The van der Waals surface area contributed by atoms with E-state index in [4.69, 9.17) is 15.2 Å². The van der Waals surface area contributed by atoms with E-state index in [0.29, 0.717) is 31.3 Å². The summed E-state index contributed by atoms with van der Waals surface area (Å²) in [5, 5.41) is 0. The second-order valence-electron chi connectivity index (χ2n) is 7.16. The maximum atomic E-state index is 13.1. The van der Waals surface area contributed by atoms with E-state index in [1.807, 2.05) is 6.07 Å². The first-order valence-electron chi connectivity index (χ1n) is 9.37. The zero-order valence-corrected chi connectivity index (χ0v) is 16.4. The molecule has 2 fully saturated rings. The van der Waals surface area contributed by atoms with Gasteiger partial charge in [-0.1, -0.05) is 0 Å². The molecule has 2 aliphatic heterocycles. The Kier molecular flexibility index (Phi) is 5.47. The SMILES string of the molecule is Nc1ncc(-c2cc(N3CCOCC3)cc(S(=O)(=O)CC3CCOC3)c2)cn1. The number of nitrogens with two attached hydrogens (primary N) is 1. The van der Waals surface area contributed by atoms with Gasteiger partial charge in [-0.2, -0.15) is 0 Å². The highest BCUT2D eigenvalue weighted by Gasteiger charge is 2.26. The molecule has 0 amide bonds. The van der Waals surface area contributed by atoms with Gasteiger partial charge in [-0.25, -0.2) is 18.4 Å². The molecule has 150 valence electrons. The molecule has 2 aromatic rings. The van der Waals surface area contributed by atoms with Crippen LogP contribution in [0.3, 0.4) is 0 Å². The molecule has 1 atom stereocenters. The van der Waals surface area contributed by atoms with Crippen LogP contribution in [0.5, 0.6) is 0 Å². The van der Waals surface area contributed by atoms with Gasteiger partial charge in [0.15, 0.2) is 9.84 Å². The van der Waals surface area contributed by atoms with Gasteiger partial charge in [-0.15, -0.1) is 0 Å². The highest BCUT2D eigenvalue weighted by atomic mass is 32.2. The van der Waals surface area contributed by atoms with Gasteiger partial charge in [0, 0.05) is 43.3 Å². The van der Waals surface area contributed by atoms with Crippen LogP contribution in [0.25, 0.3) is 11.1 Å². The minimum absolute atomic E-state index is 0.0420. The molecular formula is C19H24N4O4S. The zero-order chi connectivity index (χ0) is 19.6. The monoisotopic (exact) mass is 404 g/mol. The highest BCUT2D eigenvalue weighted by molar-refractivity contribution is 7.91. The molecule has 2 N–H and O–H groups in total. The predicted molar refractivity (Wildman–Crippen MR) is 106 cm³/mol. The van der Waals surface area contributed by atoms with Gasteiger partial charge in [0.1, 0.15) is 0 Å². The maximum absolute atomic E-state index is 13.1. The van der Waals surface area contributed by atoms with Crippen LogP contribution in [0.2, 0.25) is 0 Å². The Labute approximate surface area is 164 Å². The molecule has 0 bridgehead atoms. The Bertz CT molecular complexity index is 921. The molecule has 3 heterocycles. The Morgan fingerprint density at radius 2 is 1.79 bits per heavy atom. The molecule has 2 aliphatic rings. The summed E-state index contributed by atoms with van der Waals surface area (Å²) in [6.07, 6.45) is 4.00. The lowest BCUT2D eigenvalue weighted by Gasteiger charge is -2.29. The number of aromatic nitrogens is 2. The van der Waals surface area contributed by atoms with Gasteiger partial charge >= 0.3 is 0 Å². The van der Waals surface area contributed by atoms with Crippen molar-refractivity contribution in [2.45, 2.75) is 11.3 Å². The average molecular weight is 404 g/mol. The lowest BCUT2D eigenvalue weighted by Crippen LogP contribution is -2.36. The highest BCUT2D eigenvalue weighted by Crippen LogP contribution is 2.31. The van der Waals surface area contributed by atoms with Gasteiger partial charge in [-0.05, 0) is 36.1 Å². The topological polar surface area (TPSA) is 108 Å². The molecule has 8 nitrogen and oxygen atoms in total. The number of benzene rings is 1. The lowest BCUT2D eigenvalue weighted by atomic mass is 10.1. The summed E-state index contributed by atoms with van der Waals surface area (Å²) in [7, 11) is -3.45. The molecule has 0 saturated carbocycles. The molecule has 1 unspecified atom stereocenters. The van der Waals surface area contributed by atoms with Gasteiger partial charge < -0.3 is 20.1 Å². The summed E-state index contributed by atoms with van der Waals surface area (Å²) in [6, 6.07) is 5.43. The van der Waals surface area contributed by atoms with Crippen molar-refractivity contribution in [3.8, 4) is 11.1 Å². The summed E-state index contributed by atoms with van der Waals surface area (Å²) < 4.78 is 37.0. The standard InChI is InChI=1S/C19H24N4O4S/c20-19-21-10-16(11-22-19)15-7-17(23-2-5-26-6-3-23)9-18(8-15)28(24,25)13-14-1-4-27-12-14/h7-11,14H,1-6,12-13H2,(H2,20,21,22). The van der Waals surface area contributed by atoms with Crippen LogP contribution in [-0.4, -0.2) is 63.7 Å². The minimum atomic E-state index is -3.45. The Balaban J connectivity index is 1.73. The molecule has 2 saturated heterocycles. The van der Waals surface area contributed by atoms with Crippen molar-refractivity contribution >= 4 is 21.5 Å². The summed E-state index contributed by atoms with van der Waals surface area (Å²) >= 11 is 0. The number of ether oxygens (including phenoxy) is 2. The summed E-state index contributed by atoms with van der Waals surface area (Å²) in [5.74, 6) is 0.319. The molecule has 9 heteroatoms. The Hall–Kier alpha value is -2.23. The first-order chi connectivity index (χ1) is 13.5. The maximum Gasteiger partial charge on any atom is 0.219 e. The molecule has 1 aromatic heterocycles. The number of anilines is 2. The summed E-state index contributed by atoms with van der Waals surface area (Å²) in [4.78, 5) is 10.5. The van der Waals surface area contributed by atoms with Crippen LogP contribution in [-0.2, 0) is 19.3 Å². The van der Waals surface area contributed by atoms with E-state index in [2.05, 4.69) is 14.9 Å². The quantitative estimate of drug-likeness (QED) is 0.796. The van der Waals surface area contributed by atoms with Crippen LogP contribution in [0.1, 0.15) is 6.42 Å². The van der Waals surface area contributed by atoms with Gasteiger partial charge in [0.05, 0.1) is 30.5 Å². The van der Waals surface area contributed by atoms with Crippen LogP contribution in [0, 0.1) is 5.92 Å². The van der Waals surface area contributed by atoms with Crippen molar-refractivity contribution in [3.05, 3.63) is 30.6 Å². The smallest absolute Gasteiger partial charge is 0.219 e. The molecule has 4 rings (SSSR count). The molecule has 1 aromatic carbocycles. The largest absolute Gasteiger partial charge is 0.381 e. The number of morpholine rings is 1. The van der Waals surface area contributed by atoms with E-state index in [9.17, 15) is 8.42 Å². The number of nitrogen functional groups attached to an aromatic ring is 1. The normalized spacial score (nSPS) is 20.4. The number of hydrogen-bond donors (Lipinski definition) is 1. The molecular weight excluding hydrogens is 380 g/mol. The van der Waals surface area contributed by atoms with E-state index in [0.717, 1.165) is 36.3 Å². The van der Waals surface area contributed by atoms with Crippen LogP contribution < -0.4 is 10.6 Å². The average Bonchev–Trinajstić information content (AvgIpc) is 3.21. The molecule has 0 aliphatic carbocycles. The summed E-state index contributed by atoms with van der Waals surface area (Å²) in [5.41, 5.74) is 7.93. The van der Waals surface area contributed by atoms with Crippen molar-refractivity contribution in [1.29, 1.82) is 0 Å². The van der Waals surface area contributed by atoms with Gasteiger partial charge in [0.2, 0.25) is 5.95 Å². The van der Waals surface area contributed by atoms with Crippen molar-refractivity contribution in [2.75, 3.05) is 55.9 Å². The molecule has 28 heavy (non-hydrogen) atoms. The van der Waals surface area contributed by atoms with Crippen LogP contribution in [0.4, 0.5) is 11.6 Å². The molecule has 0 radical (unpaired) electrons. The third kappa shape index (κ3) is 4.26. The third-order valence-electron chi connectivity index (χ3n) is 5.11. The zero-order valence-electron chi connectivity index (χ0n) is 15.6. The Morgan fingerprint density at radius 3 is 2.46 bits per heavy atom. The number of nitrogens with zero attached hydrogens (tertiary/aromatic N) is 3. The van der Waals surface area contributed by atoms with E-state index < -0.39 is 9.84 Å². The van der Waals surface area contributed by atoms with Crippen molar-refractivity contribution in [2.24, 2.45) is 5.92 Å². The third-order valence-corrected chi connectivity index (χ3v) is 6.98. The Morgan fingerprint density at radius 1 is 1.04 bits per heavy atom. The second kappa shape index (κ2) is 8.02. The van der Waals surface area contributed by atoms with Crippen molar-refractivity contribution in [3.63, 3.8) is 0 Å². The van der Waals surface area contributed by atoms with Crippen LogP contribution in [0.15, 0.2) is 35.5 Å². The summed E-state index contributed by atoms with van der Waals surface area (Å²) in [6.45, 7) is 3.81. The second-order valence-corrected chi connectivity index (χ2v) is 9.19.